The second-order valence-electron chi connectivity index (χ2n) is 5.89. The van der Waals surface area contributed by atoms with Gasteiger partial charge in [-0.2, -0.15) is 0 Å². The van der Waals surface area contributed by atoms with Gasteiger partial charge in [-0.25, -0.2) is 0 Å². The number of allylic oxidation sites excluding steroid dienone is 1. The van der Waals surface area contributed by atoms with Gasteiger partial charge in [-0.05, 0) is 56.2 Å². The molecule has 24 heavy (non-hydrogen) atoms. The van der Waals surface area contributed by atoms with Crippen LogP contribution in [0.15, 0.2) is 40.9 Å². The van der Waals surface area contributed by atoms with Crippen molar-refractivity contribution in [1.82, 2.24) is 10.6 Å². The highest BCUT2D eigenvalue weighted by Gasteiger charge is 2.04. The van der Waals surface area contributed by atoms with Crippen LogP contribution >= 0.6 is 24.0 Å². The molecule has 0 radical (unpaired) electrons. The van der Waals surface area contributed by atoms with Gasteiger partial charge in [-0.15, -0.1) is 24.0 Å². The summed E-state index contributed by atoms with van der Waals surface area (Å²) in [6, 6.07) is 8.19. The quantitative estimate of drug-likeness (QED) is 0.291. The van der Waals surface area contributed by atoms with E-state index >= 15 is 0 Å². The van der Waals surface area contributed by atoms with Crippen LogP contribution in [0.2, 0.25) is 0 Å². The van der Waals surface area contributed by atoms with E-state index in [2.05, 4.69) is 33.8 Å². The number of nitrogens with zero attached hydrogens (tertiary/aromatic N) is 1. The molecule has 1 aromatic rings. The first-order valence-electron chi connectivity index (χ1n) is 8.57. The summed E-state index contributed by atoms with van der Waals surface area (Å²) < 4.78 is 5.25. The van der Waals surface area contributed by atoms with E-state index in [1.54, 1.807) is 12.7 Å². The van der Waals surface area contributed by atoms with E-state index in [4.69, 9.17) is 4.74 Å². The Morgan fingerprint density at radius 1 is 1.17 bits per heavy atom. The SMILES string of the molecule is CN=C(NCCC1=CCCCC1)NCCc1cccc(OC)c1.I. The van der Waals surface area contributed by atoms with Crippen molar-refractivity contribution in [2.45, 2.75) is 38.5 Å². The van der Waals surface area contributed by atoms with Gasteiger partial charge in [-0.3, -0.25) is 4.99 Å². The lowest BCUT2D eigenvalue weighted by atomic mass is 9.97. The highest BCUT2D eigenvalue weighted by Crippen LogP contribution is 2.19. The molecule has 2 rings (SSSR count). The van der Waals surface area contributed by atoms with E-state index in [9.17, 15) is 0 Å². The summed E-state index contributed by atoms with van der Waals surface area (Å²) in [5.41, 5.74) is 2.86. The van der Waals surface area contributed by atoms with Crippen molar-refractivity contribution >= 4 is 29.9 Å². The molecular weight excluding hydrogens is 413 g/mol. The number of aliphatic imine (C=N–C) groups is 1. The molecule has 4 nitrogen and oxygen atoms in total. The molecule has 0 aliphatic heterocycles. The summed E-state index contributed by atoms with van der Waals surface area (Å²) >= 11 is 0. The fourth-order valence-electron chi connectivity index (χ4n) is 2.85. The highest BCUT2D eigenvalue weighted by atomic mass is 127. The van der Waals surface area contributed by atoms with E-state index in [0.717, 1.165) is 37.6 Å². The molecule has 0 saturated heterocycles. The lowest BCUT2D eigenvalue weighted by Gasteiger charge is -2.15. The fourth-order valence-corrected chi connectivity index (χ4v) is 2.85. The zero-order chi connectivity index (χ0) is 16.3. The van der Waals surface area contributed by atoms with E-state index < -0.39 is 0 Å². The Morgan fingerprint density at radius 2 is 1.96 bits per heavy atom. The lowest BCUT2D eigenvalue weighted by molar-refractivity contribution is 0.414. The Bertz CT molecular complexity index is 543. The van der Waals surface area contributed by atoms with Gasteiger partial charge in [0, 0.05) is 20.1 Å². The molecule has 0 fully saturated rings. The number of nitrogens with one attached hydrogen (secondary N) is 2. The molecule has 1 aromatic carbocycles. The second kappa shape index (κ2) is 12.2. The van der Waals surface area contributed by atoms with Crippen molar-refractivity contribution < 1.29 is 4.74 Å². The van der Waals surface area contributed by atoms with Crippen LogP contribution in [0.5, 0.6) is 5.75 Å². The van der Waals surface area contributed by atoms with Gasteiger partial charge >= 0.3 is 0 Å². The number of ether oxygens (including phenoxy) is 1. The topological polar surface area (TPSA) is 45.7 Å². The maximum Gasteiger partial charge on any atom is 0.190 e. The monoisotopic (exact) mass is 443 g/mol. The summed E-state index contributed by atoms with van der Waals surface area (Å²) in [7, 11) is 3.52. The van der Waals surface area contributed by atoms with Crippen molar-refractivity contribution in [2.24, 2.45) is 4.99 Å². The summed E-state index contributed by atoms with van der Waals surface area (Å²) in [6.45, 7) is 1.81. The zero-order valence-corrected chi connectivity index (χ0v) is 17.1. The number of hydrogen-bond acceptors (Lipinski definition) is 2. The van der Waals surface area contributed by atoms with Crippen LogP contribution in [0.3, 0.4) is 0 Å². The Kier molecular flexibility index (Phi) is 10.5. The smallest absolute Gasteiger partial charge is 0.190 e. The first kappa shape index (κ1) is 20.8. The molecule has 0 spiro atoms. The Hall–Kier alpha value is -1.24. The summed E-state index contributed by atoms with van der Waals surface area (Å²) in [5, 5.41) is 6.77. The Balaban J connectivity index is 0.00000288. The molecule has 0 heterocycles. The summed E-state index contributed by atoms with van der Waals surface area (Å²) in [5.74, 6) is 1.79. The van der Waals surface area contributed by atoms with Crippen LogP contribution in [0.4, 0.5) is 0 Å². The second-order valence-corrected chi connectivity index (χ2v) is 5.89. The highest BCUT2D eigenvalue weighted by molar-refractivity contribution is 14.0. The Labute approximate surface area is 163 Å². The number of rotatable bonds is 7. The van der Waals surface area contributed by atoms with Crippen LogP contribution in [0.25, 0.3) is 0 Å². The summed E-state index contributed by atoms with van der Waals surface area (Å²) in [6.07, 6.45) is 9.69. The van der Waals surface area contributed by atoms with E-state index in [0.29, 0.717) is 0 Å². The normalized spacial score (nSPS) is 14.4. The van der Waals surface area contributed by atoms with Crippen LogP contribution in [0.1, 0.15) is 37.7 Å². The number of methoxy groups -OCH3 is 1. The summed E-state index contributed by atoms with van der Waals surface area (Å²) in [4.78, 5) is 4.29. The van der Waals surface area contributed by atoms with Crippen molar-refractivity contribution in [1.29, 1.82) is 0 Å². The van der Waals surface area contributed by atoms with Gasteiger partial charge in [0.05, 0.1) is 7.11 Å². The molecule has 5 heteroatoms. The van der Waals surface area contributed by atoms with Gasteiger partial charge in [0.1, 0.15) is 5.75 Å². The number of guanidine groups is 1. The number of hydrogen-bond donors (Lipinski definition) is 2. The van der Waals surface area contributed by atoms with Gasteiger partial charge in [0.15, 0.2) is 5.96 Å². The molecule has 1 aliphatic carbocycles. The van der Waals surface area contributed by atoms with E-state index in [1.165, 1.54) is 31.2 Å². The average Bonchev–Trinajstić information content (AvgIpc) is 2.61. The molecule has 0 saturated carbocycles. The third kappa shape index (κ3) is 7.55. The third-order valence-electron chi connectivity index (χ3n) is 4.19. The minimum atomic E-state index is 0. The van der Waals surface area contributed by atoms with Gasteiger partial charge < -0.3 is 15.4 Å². The molecule has 0 aromatic heterocycles. The van der Waals surface area contributed by atoms with E-state index in [1.807, 2.05) is 19.2 Å². The average molecular weight is 443 g/mol. The number of benzene rings is 1. The van der Waals surface area contributed by atoms with Crippen LogP contribution in [-0.2, 0) is 6.42 Å². The molecule has 134 valence electrons. The third-order valence-corrected chi connectivity index (χ3v) is 4.19. The van der Waals surface area contributed by atoms with Crippen LogP contribution in [0, 0.1) is 0 Å². The molecule has 0 amide bonds. The molecule has 0 unspecified atom stereocenters. The molecular formula is C19H30IN3O. The molecule has 1 aliphatic rings. The predicted octanol–water partition coefficient (Wildman–Crippen LogP) is 3.91. The van der Waals surface area contributed by atoms with Crippen LogP contribution < -0.4 is 15.4 Å². The van der Waals surface area contributed by atoms with Gasteiger partial charge in [0.25, 0.3) is 0 Å². The molecule has 0 atom stereocenters. The van der Waals surface area contributed by atoms with Crippen molar-refractivity contribution in [2.75, 3.05) is 27.2 Å². The van der Waals surface area contributed by atoms with Crippen molar-refractivity contribution in [3.05, 3.63) is 41.5 Å². The number of halogens is 1. The molecule has 0 bridgehead atoms. The van der Waals surface area contributed by atoms with Crippen molar-refractivity contribution in [3.63, 3.8) is 0 Å². The van der Waals surface area contributed by atoms with Gasteiger partial charge in [-0.1, -0.05) is 23.8 Å². The fraction of sp³-hybridized carbons (Fsp3) is 0.526. The van der Waals surface area contributed by atoms with Gasteiger partial charge in [0.2, 0.25) is 0 Å². The largest absolute Gasteiger partial charge is 0.497 e. The zero-order valence-electron chi connectivity index (χ0n) is 14.8. The maximum absolute atomic E-state index is 5.25. The minimum absolute atomic E-state index is 0. The Morgan fingerprint density at radius 3 is 2.62 bits per heavy atom. The first-order chi connectivity index (χ1) is 11.3. The maximum atomic E-state index is 5.25. The van der Waals surface area contributed by atoms with Crippen LogP contribution in [-0.4, -0.2) is 33.2 Å². The molecule has 2 N–H and O–H groups in total. The van der Waals surface area contributed by atoms with E-state index in [-0.39, 0.29) is 24.0 Å². The standard InChI is InChI=1S/C19H29N3O.HI/c1-20-19(21-13-11-16-7-4-3-5-8-16)22-14-12-17-9-6-10-18(15-17)23-2;/h6-7,9-10,15H,3-5,8,11-14H2,1-2H3,(H2,20,21,22);1H. The van der Waals surface area contributed by atoms with Crippen molar-refractivity contribution in [3.8, 4) is 5.75 Å². The first-order valence-corrected chi connectivity index (χ1v) is 8.57. The lowest BCUT2D eigenvalue weighted by Crippen LogP contribution is -2.38. The minimum Gasteiger partial charge on any atom is -0.497 e. The predicted molar refractivity (Wildman–Crippen MR) is 113 cm³/mol.